The molecule has 0 aromatic carbocycles. The molecule has 0 radical (unpaired) electrons. The van der Waals surface area contributed by atoms with E-state index in [9.17, 15) is 22.8 Å². The summed E-state index contributed by atoms with van der Waals surface area (Å²) in [6.07, 6.45) is -1.03. The predicted octanol–water partition coefficient (Wildman–Crippen LogP) is 2.18. The molecule has 0 spiro atoms. The number of likely N-dealkylation sites (tertiary alicyclic amines) is 1. The summed E-state index contributed by atoms with van der Waals surface area (Å²) in [6, 6.07) is 0.568. The van der Waals surface area contributed by atoms with Gasteiger partial charge < -0.3 is 15.0 Å². The van der Waals surface area contributed by atoms with Gasteiger partial charge in [0, 0.05) is 36.0 Å². The number of nitrogens with zero attached hydrogens (tertiary/aromatic N) is 2. The van der Waals surface area contributed by atoms with Crippen LogP contribution in [0.1, 0.15) is 23.2 Å². The smallest absolute Gasteiger partial charge is 0.257 e. The summed E-state index contributed by atoms with van der Waals surface area (Å²) in [6.45, 7) is -0.280. The first-order valence-corrected chi connectivity index (χ1v) is 8.80. The molecule has 1 saturated heterocycles. The molecular weight excluding hydrogens is 419 g/mol. The fourth-order valence-corrected chi connectivity index (χ4v) is 3.50. The number of carbonyl (C=O) groups excluding carboxylic acids is 2. The third-order valence-electron chi connectivity index (χ3n) is 4.57. The first kappa shape index (κ1) is 18.9. The second-order valence-corrected chi connectivity index (χ2v) is 7.43. The van der Waals surface area contributed by atoms with Crippen molar-refractivity contribution in [2.24, 2.45) is 5.92 Å². The number of nitrogens with one attached hydrogen (secondary N) is 1. The minimum Gasteiger partial charge on any atom is -0.480 e. The molecule has 3 rings (SSSR count). The van der Waals surface area contributed by atoms with Crippen molar-refractivity contribution >= 4 is 27.7 Å². The molecular formula is C16H17BrF3N3O3. The fraction of sp³-hybridized carbons (Fsp3) is 0.562. The monoisotopic (exact) mass is 435 g/mol. The van der Waals surface area contributed by atoms with Gasteiger partial charge in [0.05, 0.1) is 19.7 Å². The van der Waals surface area contributed by atoms with Gasteiger partial charge in [0.2, 0.25) is 17.7 Å². The van der Waals surface area contributed by atoms with Gasteiger partial charge in [-0.2, -0.15) is 0 Å². The maximum Gasteiger partial charge on any atom is 0.257 e. The van der Waals surface area contributed by atoms with Gasteiger partial charge in [0.25, 0.3) is 5.91 Å². The molecule has 26 heavy (non-hydrogen) atoms. The molecule has 6 nitrogen and oxygen atoms in total. The molecule has 1 aliphatic heterocycles. The van der Waals surface area contributed by atoms with Gasteiger partial charge in [0.1, 0.15) is 11.7 Å². The van der Waals surface area contributed by atoms with Crippen LogP contribution in [0.25, 0.3) is 0 Å². The van der Waals surface area contributed by atoms with Gasteiger partial charge >= 0.3 is 0 Å². The SMILES string of the molecule is COc1ncc(Br)cc1C(=O)N[C@@H]1CN(C(=O)C2CC(F)(F)C2)C[C@@H]1F. The van der Waals surface area contributed by atoms with Crippen molar-refractivity contribution in [3.63, 3.8) is 0 Å². The Morgan fingerprint density at radius 1 is 1.38 bits per heavy atom. The molecule has 0 bridgehead atoms. The van der Waals surface area contributed by atoms with Gasteiger partial charge in [0.15, 0.2) is 0 Å². The summed E-state index contributed by atoms with van der Waals surface area (Å²) < 4.78 is 45.7. The van der Waals surface area contributed by atoms with Crippen LogP contribution >= 0.6 is 15.9 Å². The number of halogens is 4. The zero-order valence-corrected chi connectivity index (χ0v) is 15.4. The van der Waals surface area contributed by atoms with E-state index in [1.165, 1.54) is 24.3 Å². The van der Waals surface area contributed by atoms with Gasteiger partial charge in [-0.25, -0.2) is 18.2 Å². The lowest BCUT2D eigenvalue weighted by Crippen LogP contribution is -2.47. The Bertz CT molecular complexity index is 726. The van der Waals surface area contributed by atoms with Crippen molar-refractivity contribution in [3.8, 4) is 5.88 Å². The highest BCUT2D eigenvalue weighted by Crippen LogP contribution is 2.43. The highest BCUT2D eigenvalue weighted by molar-refractivity contribution is 9.10. The van der Waals surface area contributed by atoms with E-state index >= 15 is 0 Å². The molecule has 1 saturated carbocycles. The van der Waals surface area contributed by atoms with Crippen LogP contribution in [-0.2, 0) is 4.79 Å². The first-order chi connectivity index (χ1) is 12.2. The maximum absolute atomic E-state index is 14.3. The van der Waals surface area contributed by atoms with Crippen LogP contribution in [0, 0.1) is 5.92 Å². The Morgan fingerprint density at radius 2 is 2.08 bits per heavy atom. The number of amides is 2. The number of carbonyl (C=O) groups is 2. The topological polar surface area (TPSA) is 71.5 Å². The van der Waals surface area contributed by atoms with E-state index in [0.717, 1.165) is 0 Å². The van der Waals surface area contributed by atoms with Crippen LogP contribution in [0.4, 0.5) is 13.2 Å². The number of ether oxygens (including phenoxy) is 1. The van der Waals surface area contributed by atoms with Crippen molar-refractivity contribution in [3.05, 3.63) is 22.3 Å². The van der Waals surface area contributed by atoms with Crippen LogP contribution < -0.4 is 10.1 Å². The number of alkyl halides is 3. The predicted molar refractivity (Wildman–Crippen MR) is 88.9 cm³/mol. The zero-order chi connectivity index (χ0) is 19.1. The Morgan fingerprint density at radius 3 is 2.69 bits per heavy atom. The van der Waals surface area contributed by atoms with E-state index in [0.29, 0.717) is 4.47 Å². The van der Waals surface area contributed by atoms with E-state index < -0.39 is 48.7 Å². The third kappa shape index (κ3) is 3.79. The average Bonchev–Trinajstić information content (AvgIpc) is 2.92. The summed E-state index contributed by atoms with van der Waals surface area (Å²) in [5, 5.41) is 2.53. The average molecular weight is 436 g/mol. The molecule has 1 aliphatic carbocycles. The quantitative estimate of drug-likeness (QED) is 0.786. The summed E-state index contributed by atoms with van der Waals surface area (Å²) in [5.74, 6) is -4.58. The van der Waals surface area contributed by atoms with Crippen molar-refractivity contribution in [1.29, 1.82) is 0 Å². The second-order valence-electron chi connectivity index (χ2n) is 6.51. The standard InChI is InChI=1S/C16H17BrF3N3O3/c1-26-14-10(2-9(17)5-21-14)13(24)22-12-7-23(6-11(12)18)15(25)8-3-16(19,20)4-8/h2,5,8,11-12H,3-4,6-7H2,1H3,(H,22,24)/t11-,12+/m0/s1. The number of aromatic nitrogens is 1. The highest BCUT2D eigenvalue weighted by atomic mass is 79.9. The van der Waals surface area contributed by atoms with Gasteiger partial charge in [-0.3, -0.25) is 9.59 Å². The van der Waals surface area contributed by atoms with Gasteiger partial charge in [-0.15, -0.1) is 0 Å². The van der Waals surface area contributed by atoms with Crippen LogP contribution in [-0.4, -0.2) is 60.0 Å². The van der Waals surface area contributed by atoms with Crippen molar-refractivity contribution in [1.82, 2.24) is 15.2 Å². The molecule has 0 unspecified atom stereocenters. The van der Waals surface area contributed by atoms with Crippen molar-refractivity contribution in [2.75, 3.05) is 20.2 Å². The number of hydrogen-bond donors (Lipinski definition) is 1. The molecule has 1 aromatic heterocycles. The van der Waals surface area contributed by atoms with Crippen molar-refractivity contribution in [2.45, 2.75) is 31.0 Å². The van der Waals surface area contributed by atoms with Crippen LogP contribution in [0.15, 0.2) is 16.7 Å². The third-order valence-corrected chi connectivity index (χ3v) is 5.01. The van der Waals surface area contributed by atoms with Crippen LogP contribution in [0.5, 0.6) is 5.88 Å². The largest absolute Gasteiger partial charge is 0.480 e. The summed E-state index contributed by atoms with van der Waals surface area (Å²) in [7, 11) is 1.36. The lowest BCUT2D eigenvalue weighted by Gasteiger charge is -2.36. The Kier molecular flexibility index (Phi) is 5.14. The van der Waals surface area contributed by atoms with Crippen LogP contribution in [0.2, 0.25) is 0 Å². The normalized spacial score (nSPS) is 24.9. The number of pyridine rings is 1. The lowest BCUT2D eigenvalue weighted by molar-refractivity contribution is -0.159. The molecule has 142 valence electrons. The Hall–Kier alpha value is -1.84. The molecule has 2 amide bonds. The fourth-order valence-electron chi connectivity index (χ4n) is 3.17. The molecule has 10 heteroatoms. The van der Waals surface area contributed by atoms with Crippen LogP contribution in [0.3, 0.4) is 0 Å². The van der Waals surface area contributed by atoms with E-state index in [1.807, 2.05) is 0 Å². The van der Waals surface area contributed by atoms with E-state index in [1.54, 1.807) is 0 Å². The summed E-state index contributed by atoms with van der Waals surface area (Å²) in [4.78, 5) is 29.8. The zero-order valence-electron chi connectivity index (χ0n) is 13.8. The Labute approximate surface area is 156 Å². The van der Waals surface area contributed by atoms with Gasteiger partial charge in [-0.05, 0) is 22.0 Å². The van der Waals surface area contributed by atoms with E-state index in [-0.39, 0.29) is 24.5 Å². The number of methoxy groups -OCH3 is 1. The molecule has 1 N–H and O–H groups in total. The number of hydrogen-bond acceptors (Lipinski definition) is 4. The Balaban J connectivity index is 1.63. The lowest BCUT2D eigenvalue weighted by atomic mass is 9.80. The minimum atomic E-state index is -2.81. The molecule has 1 aromatic rings. The summed E-state index contributed by atoms with van der Waals surface area (Å²) >= 11 is 3.20. The van der Waals surface area contributed by atoms with E-state index in [4.69, 9.17) is 4.74 Å². The van der Waals surface area contributed by atoms with E-state index in [2.05, 4.69) is 26.2 Å². The second kappa shape index (κ2) is 7.05. The molecule has 2 fully saturated rings. The number of rotatable bonds is 4. The maximum atomic E-state index is 14.3. The van der Waals surface area contributed by atoms with Crippen molar-refractivity contribution < 1.29 is 27.5 Å². The molecule has 2 aliphatic rings. The minimum absolute atomic E-state index is 0.0580. The summed E-state index contributed by atoms with van der Waals surface area (Å²) in [5.41, 5.74) is 0.123. The molecule has 2 atom stereocenters. The first-order valence-electron chi connectivity index (χ1n) is 8.01. The van der Waals surface area contributed by atoms with Gasteiger partial charge in [-0.1, -0.05) is 0 Å². The highest BCUT2D eigenvalue weighted by Gasteiger charge is 2.51. The molecule has 2 heterocycles.